The number of nitrogens with zero attached hydrogens (tertiary/aromatic N) is 3. The first kappa shape index (κ1) is 19.8. The van der Waals surface area contributed by atoms with E-state index in [9.17, 15) is 9.59 Å². The normalized spacial score (nSPS) is 19.2. The van der Waals surface area contributed by atoms with Crippen molar-refractivity contribution in [3.63, 3.8) is 0 Å². The molecule has 4 N–H and O–H groups in total. The third-order valence-corrected chi connectivity index (χ3v) is 4.82. The smallest absolute Gasteiger partial charge is 0.271 e. The van der Waals surface area contributed by atoms with Crippen molar-refractivity contribution in [3.05, 3.63) is 42.2 Å². The molecule has 4 rings (SSSR count). The molecule has 28 heavy (non-hydrogen) atoms. The number of furan rings is 1. The Morgan fingerprint density at radius 1 is 1.43 bits per heavy atom. The van der Waals surface area contributed by atoms with Crippen LogP contribution in [0.2, 0.25) is 0 Å². The van der Waals surface area contributed by atoms with Crippen LogP contribution in [0, 0.1) is 0 Å². The molecule has 0 bridgehead atoms. The van der Waals surface area contributed by atoms with Crippen molar-refractivity contribution >= 4 is 29.9 Å². The van der Waals surface area contributed by atoms with Crippen molar-refractivity contribution in [3.8, 4) is 11.5 Å². The third-order valence-electron chi connectivity index (χ3n) is 4.82. The number of nitrogens with two attached hydrogens (primary N) is 1. The Hall–Kier alpha value is -2.91. The second-order valence-electron chi connectivity index (χ2n) is 6.62. The van der Waals surface area contributed by atoms with E-state index < -0.39 is 5.91 Å². The topological polar surface area (TPSA) is 128 Å². The predicted molar refractivity (Wildman–Crippen MR) is 104 cm³/mol. The minimum atomic E-state index is -0.710. The van der Waals surface area contributed by atoms with E-state index in [4.69, 9.17) is 10.2 Å². The summed E-state index contributed by atoms with van der Waals surface area (Å²) in [5.74, 6) is -0.502. The number of hydrogen-bond acceptors (Lipinski definition) is 6. The minimum absolute atomic E-state index is 0. The zero-order valence-electron chi connectivity index (χ0n) is 15.2. The minimum Gasteiger partial charge on any atom is -0.463 e. The highest BCUT2D eigenvalue weighted by molar-refractivity contribution is 5.99. The molecule has 1 fully saturated rings. The molecule has 4 heterocycles. The first-order chi connectivity index (χ1) is 13.0. The van der Waals surface area contributed by atoms with Crippen LogP contribution in [0.15, 0.2) is 35.2 Å². The molecule has 148 valence electrons. The average Bonchev–Trinajstić information content (AvgIpc) is 3.32. The van der Waals surface area contributed by atoms with Crippen molar-refractivity contribution < 1.29 is 14.0 Å². The van der Waals surface area contributed by atoms with Crippen molar-refractivity contribution in [2.45, 2.75) is 31.8 Å². The summed E-state index contributed by atoms with van der Waals surface area (Å²) in [6, 6.07) is 5.26. The van der Waals surface area contributed by atoms with E-state index in [2.05, 4.69) is 20.6 Å². The molecule has 0 saturated carbocycles. The van der Waals surface area contributed by atoms with Crippen molar-refractivity contribution in [2.24, 2.45) is 5.73 Å². The number of nitrogens with one attached hydrogen (secondary N) is 2. The van der Waals surface area contributed by atoms with E-state index in [1.165, 1.54) is 17.0 Å². The fourth-order valence-corrected chi connectivity index (χ4v) is 3.35. The van der Waals surface area contributed by atoms with Gasteiger partial charge in [-0.05, 0) is 44.5 Å². The van der Waals surface area contributed by atoms with Crippen LogP contribution in [0.4, 0.5) is 0 Å². The molecule has 0 aliphatic carbocycles. The highest BCUT2D eigenvalue weighted by atomic mass is 35.5. The predicted octanol–water partition coefficient (Wildman–Crippen LogP) is 1.38. The average molecular weight is 405 g/mol. The molecule has 0 radical (unpaired) electrons. The van der Waals surface area contributed by atoms with Gasteiger partial charge in [0.25, 0.3) is 11.8 Å². The maximum Gasteiger partial charge on any atom is 0.271 e. The molecule has 3 aromatic heterocycles. The summed E-state index contributed by atoms with van der Waals surface area (Å²) in [6.45, 7) is 2.99. The van der Waals surface area contributed by atoms with Crippen LogP contribution in [0.3, 0.4) is 0 Å². The lowest BCUT2D eigenvalue weighted by Crippen LogP contribution is -2.52. The third kappa shape index (κ3) is 3.58. The van der Waals surface area contributed by atoms with E-state index in [1.807, 2.05) is 6.92 Å². The highest BCUT2D eigenvalue weighted by Crippen LogP contribution is 2.22. The molecule has 2 atom stereocenters. The summed E-state index contributed by atoms with van der Waals surface area (Å²) in [5.41, 5.74) is 6.36. The van der Waals surface area contributed by atoms with Gasteiger partial charge in [0.2, 0.25) is 0 Å². The molecule has 2 amide bonds. The number of hydrogen-bond donors (Lipinski definition) is 3. The van der Waals surface area contributed by atoms with Crippen molar-refractivity contribution in [2.75, 3.05) is 6.54 Å². The molecule has 1 saturated heterocycles. The maximum atomic E-state index is 13.0. The van der Waals surface area contributed by atoms with Gasteiger partial charge in [-0.15, -0.1) is 12.4 Å². The summed E-state index contributed by atoms with van der Waals surface area (Å²) in [5, 5.41) is 6.42. The number of imidazole rings is 1. The van der Waals surface area contributed by atoms with Crippen LogP contribution < -0.4 is 16.4 Å². The van der Waals surface area contributed by atoms with Gasteiger partial charge in [0.15, 0.2) is 17.1 Å². The Kier molecular flexibility index (Phi) is 5.66. The quantitative estimate of drug-likeness (QED) is 0.602. The van der Waals surface area contributed by atoms with E-state index in [0.29, 0.717) is 17.1 Å². The van der Waals surface area contributed by atoms with E-state index in [0.717, 1.165) is 19.4 Å². The van der Waals surface area contributed by atoms with Gasteiger partial charge in [0.1, 0.15) is 17.7 Å². The Morgan fingerprint density at radius 3 is 2.93 bits per heavy atom. The van der Waals surface area contributed by atoms with Gasteiger partial charge >= 0.3 is 0 Å². The number of amides is 2. The summed E-state index contributed by atoms with van der Waals surface area (Å²) in [4.78, 5) is 33.1. The number of piperidine rings is 1. The zero-order chi connectivity index (χ0) is 19.0. The first-order valence-electron chi connectivity index (χ1n) is 8.80. The number of fused-ring (bicyclic) bond motifs is 1. The first-order valence-corrected chi connectivity index (χ1v) is 8.80. The van der Waals surface area contributed by atoms with Crippen molar-refractivity contribution in [1.82, 2.24) is 25.0 Å². The summed E-state index contributed by atoms with van der Waals surface area (Å²) in [6.07, 6.45) is 4.79. The lowest BCUT2D eigenvalue weighted by Gasteiger charge is -2.30. The van der Waals surface area contributed by atoms with Gasteiger partial charge in [-0.3, -0.25) is 14.0 Å². The maximum absolute atomic E-state index is 13.0. The lowest BCUT2D eigenvalue weighted by molar-refractivity contribution is 0.0912. The number of carbonyl (C=O) groups excluding carboxylic acids is 2. The number of aromatic nitrogens is 3. The van der Waals surface area contributed by atoms with Gasteiger partial charge < -0.3 is 20.8 Å². The van der Waals surface area contributed by atoms with Gasteiger partial charge in [-0.1, -0.05) is 0 Å². The Morgan fingerprint density at radius 2 is 2.25 bits per heavy atom. The van der Waals surface area contributed by atoms with Crippen LogP contribution in [0.1, 0.15) is 40.7 Å². The molecule has 1 aliphatic heterocycles. The SMILES string of the molecule is CC1NCCCC1NC(=O)c1cc(-c2ccco2)nc2c(C(N)=O)ncn12.Cl. The molecule has 9 nitrogen and oxygen atoms in total. The van der Waals surface area contributed by atoms with Gasteiger partial charge in [0, 0.05) is 12.1 Å². The monoisotopic (exact) mass is 404 g/mol. The zero-order valence-corrected chi connectivity index (χ0v) is 16.0. The van der Waals surface area contributed by atoms with Gasteiger partial charge in [0.05, 0.1) is 6.26 Å². The standard InChI is InChI=1S/C18H20N6O3.ClH/c1-10-11(4-2-6-20-10)23-18(26)13-8-12(14-5-3-7-27-14)22-17-15(16(19)25)21-9-24(13)17;/h3,5,7-11,20H,2,4,6H2,1H3,(H2,19,25)(H,23,26);1H. The molecular formula is C18H21ClN6O3. The van der Waals surface area contributed by atoms with Gasteiger partial charge in [-0.2, -0.15) is 0 Å². The second kappa shape index (κ2) is 7.99. The molecule has 0 spiro atoms. The highest BCUT2D eigenvalue weighted by Gasteiger charge is 2.25. The molecule has 0 aromatic carbocycles. The fraction of sp³-hybridized carbons (Fsp3) is 0.333. The Balaban J connectivity index is 0.00000225. The number of halogens is 1. The Labute approximate surface area is 167 Å². The Bertz CT molecular complexity index is 1000. The summed E-state index contributed by atoms with van der Waals surface area (Å²) >= 11 is 0. The number of primary amides is 1. The molecular weight excluding hydrogens is 384 g/mol. The van der Waals surface area contributed by atoms with E-state index in [-0.39, 0.29) is 41.7 Å². The van der Waals surface area contributed by atoms with Crippen LogP contribution in [0.25, 0.3) is 17.1 Å². The fourth-order valence-electron chi connectivity index (χ4n) is 3.35. The van der Waals surface area contributed by atoms with Crippen LogP contribution in [-0.2, 0) is 0 Å². The molecule has 2 unspecified atom stereocenters. The van der Waals surface area contributed by atoms with Crippen LogP contribution in [0.5, 0.6) is 0 Å². The number of rotatable bonds is 4. The largest absolute Gasteiger partial charge is 0.463 e. The molecule has 1 aliphatic rings. The van der Waals surface area contributed by atoms with Crippen LogP contribution >= 0.6 is 12.4 Å². The molecule has 10 heteroatoms. The number of carbonyl (C=O) groups is 2. The lowest BCUT2D eigenvalue weighted by atomic mass is 10.00. The summed E-state index contributed by atoms with van der Waals surface area (Å²) < 4.78 is 6.87. The van der Waals surface area contributed by atoms with Gasteiger partial charge in [-0.25, -0.2) is 9.97 Å². The van der Waals surface area contributed by atoms with Crippen molar-refractivity contribution in [1.29, 1.82) is 0 Å². The molecule has 3 aromatic rings. The second-order valence-corrected chi connectivity index (χ2v) is 6.62. The van der Waals surface area contributed by atoms with E-state index in [1.54, 1.807) is 18.2 Å². The summed E-state index contributed by atoms with van der Waals surface area (Å²) in [7, 11) is 0. The van der Waals surface area contributed by atoms with Crippen LogP contribution in [-0.4, -0.2) is 44.8 Å². The van der Waals surface area contributed by atoms with E-state index >= 15 is 0 Å².